The van der Waals surface area contributed by atoms with Crippen LogP contribution in [0.25, 0.3) is 0 Å². The van der Waals surface area contributed by atoms with Gasteiger partial charge >= 0.3 is 0 Å². The van der Waals surface area contributed by atoms with Crippen LogP contribution in [0.4, 0.5) is 0 Å². The Hall–Kier alpha value is -1.68. The van der Waals surface area contributed by atoms with Crippen LogP contribution in [0.3, 0.4) is 0 Å². The molecule has 2 N–H and O–H groups in total. The highest BCUT2D eigenvalue weighted by Gasteiger charge is 2.01. The first-order valence-electron chi connectivity index (χ1n) is 4.41. The fourth-order valence-electron chi connectivity index (χ4n) is 1.24. The quantitative estimate of drug-likeness (QED) is 0.785. The highest BCUT2D eigenvalue weighted by atomic mass is 16.3. The van der Waals surface area contributed by atoms with E-state index in [0.717, 1.165) is 17.1 Å². The number of nitrogens with two attached hydrogens (primary N) is 1. The third-order valence-electron chi connectivity index (χ3n) is 1.92. The van der Waals surface area contributed by atoms with Crippen LogP contribution >= 0.6 is 0 Å². The van der Waals surface area contributed by atoms with Crippen LogP contribution in [0.1, 0.15) is 17.1 Å². The highest BCUT2D eigenvalue weighted by Crippen LogP contribution is 2.07. The fourth-order valence-corrected chi connectivity index (χ4v) is 1.24. The molecule has 0 spiro atoms. The minimum Gasteiger partial charge on any atom is -0.469 e. The second-order valence-electron chi connectivity index (χ2n) is 2.96. The van der Waals surface area contributed by atoms with Crippen molar-refractivity contribution in [2.75, 3.05) is 0 Å². The van der Waals surface area contributed by atoms with E-state index in [9.17, 15) is 0 Å². The monoisotopic (exact) mass is 189 g/mol. The van der Waals surface area contributed by atoms with Crippen molar-refractivity contribution >= 4 is 0 Å². The van der Waals surface area contributed by atoms with E-state index >= 15 is 0 Å². The molecular weight excluding hydrogens is 178 g/mol. The second kappa shape index (κ2) is 4.02. The molecule has 0 aliphatic carbocycles. The summed E-state index contributed by atoms with van der Waals surface area (Å²) in [5, 5.41) is 0. The lowest BCUT2D eigenvalue weighted by atomic mass is 10.2. The van der Waals surface area contributed by atoms with Crippen LogP contribution in [-0.4, -0.2) is 9.97 Å². The molecule has 2 aromatic rings. The Labute approximate surface area is 81.8 Å². The molecule has 0 radical (unpaired) electrons. The Bertz CT molecular complexity index is 398. The van der Waals surface area contributed by atoms with Gasteiger partial charge in [-0.3, -0.25) is 0 Å². The van der Waals surface area contributed by atoms with Gasteiger partial charge in [0.05, 0.1) is 17.7 Å². The number of rotatable bonds is 3. The zero-order chi connectivity index (χ0) is 9.80. The maximum Gasteiger partial charge on any atom is 0.116 e. The van der Waals surface area contributed by atoms with E-state index in [2.05, 4.69) is 9.97 Å². The van der Waals surface area contributed by atoms with Gasteiger partial charge in [0.25, 0.3) is 0 Å². The van der Waals surface area contributed by atoms with Crippen LogP contribution in [0, 0.1) is 0 Å². The van der Waals surface area contributed by atoms with E-state index in [-0.39, 0.29) is 0 Å². The normalized spacial score (nSPS) is 10.4. The molecule has 4 nitrogen and oxygen atoms in total. The zero-order valence-electron chi connectivity index (χ0n) is 7.68. The zero-order valence-corrected chi connectivity index (χ0v) is 7.68. The van der Waals surface area contributed by atoms with Crippen LogP contribution in [0.5, 0.6) is 0 Å². The molecule has 0 unspecified atom stereocenters. The molecule has 0 aromatic carbocycles. The van der Waals surface area contributed by atoms with Crippen molar-refractivity contribution in [1.29, 1.82) is 0 Å². The molecule has 0 fully saturated rings. The first kappa shape index (κ1) is 8.90. The molecule has 0 bridgehead atoms. The summed E-state index contributed by atoms with van der Waals surface area (Å²) in [7, 11) is 0. The van der Waals surface area contributed by atoms with E-state index < -0.39 is 0 Å². The average molecular weight is 189 g/mol. The summed E-state index contributed by atoms with van der Waals surface area (Å²) in [6, 6.07) is 5.67. The minimum absolute atomic E-state index is 0.438. The van der Waals surface area contributed by atoms with Crippen molar-refractivity contribution in [1.82, 2.24) is 9.97 Å². The summed E-state index contributed by atoms with van der Waals surface area (Å²) in [5.41, 5.74) is 7.25. The van der Waals surface area contributed by atoms with Gasteiger partial charge in [0.15, 0.2) is 0 Å². The number of hydrogen-bond acceptors (Lipinski definition) is 4. The fraction of sp³-hybridized carbons (Fsp3) is 0.200. The van der Waals surface area contributed by atoms with E-state index in [0.29, 0.717) is 13.0 Å². The molecular formula is C10H11N3O. The number of aromatic nitrogens is 2. The molecule has 0 atom stereocenters. The van der Waals surface area contributed by atoms with Crippen molar-refractivity contribution < 1.29 is 4.42 Å². The molecule has 0 saturated heterocycles. The van der Waals surface area contributed by atoms with Gasteiger partial charge in [0.2, 0.25) is 0 Å². The van der Waals surface area contributed by atoms with Crippen molar-refractivity contribution in [2.45, 2.75) is 13.0 Å². The lowest BCUT2D eigenvalue weighted by molar-refractivity contribution is 0.519. The molecule has 14 heavy (non-hydrogen) atoms. The van der Waals surface area contributed by atoms with Crippen LogP contribution in [-0.2, 0) is 13.0 Å². The van der Waals surface area contributed by atoms with E-state index in [1.807, 2.05) is 18.2 Å². The summed E-state index contributed by atoms with van der Waals surface area (Å²) >= 11 is 0. The largest absolute Gasteiger partial charge is 0.469 e. The molecule has 0 aliphatic heterocycles. The minimum atomic E-state index is 0.438. The van der Waals surface area contributed by atoms with Crippen molar-refractivity contribution in [3.63, 3.8) is 0 Å². The van der Waals surface area contributed by atoms with Gasteiger partial charge in [0.1, 0.15) is 12.1 Å². The van der Waals surface area contributed by atoms with E-state index in [1.54, 1.807) is 6.26 Å². The molecule has 4 heteroatoms. The third kappa shape index (κ3) is 1.97. The van der Waals surface area contributed by atoms with Gasteiger partial charge in [-0.05, 0) is 18.2 Å². The smallest absolute Gasteiger partial charge is 0.116 e. The van der Waals surface area contributed by atoms with Gasteiger partial charge in [-0.1, -0.05) is 0 Å². The Kier molecular flexibility index (Phi) is 2.55. The summed E-state index contributed by atoms with van der Waals surface area (Å²) in [6.45, 7) is 0.438. The lowest BCUT2D eigenvalue weighted by Crippen LogP contribution is -2.02. The Morgan fingerprint density at radius 1 is 1.29 bits per heavy atom. The Balaban J connectivity index is 2.17. The number of furan rings is 1. The summed E-state index contributed by atoms with van der Waals surface area (Å²) in [4.78, 5) is 8.16. The predicted molar refractivity (Wildman–Crippen MR) is 51.4 cm³/mol. The second-order valence-corrected chi connectivity index (χ2v) is 2.96. The topological polar surface area (TPSA) is 64.9 Å². The van der Waals surface area contributed by atoms with Crippen LogP contribution in [0.2, 0.25) is 0 Å². The van der Waals surface area contributed by atoms with Crippen LogP contribution < -0.4 is 5.73 Å². The van der Waals surface area contributed by atoms with Gasteiger partial charge in [-0.15, -0.1) is 0 Å². The predicted octanol–water partition coefficient (Wildman–Crippen LogP) is 1.12. The number of nitrogens with zero attached hydrogens (tertiary/aromatic N) is 2. The van der Waals surface area contributed by atoms with E-state index in [4.69, 9.17) is 10.2 Å². The van der Waals surface area contributed by atoms with Gasteiger partial charge in [-0.2, -0.15) is 0 Å². The number of hydrogen-bond donors (Lipinski definition) is 1. The highest BCUT2D eigenvalue weighted by molar-refractivity contribution is 5.14. The first-order chi connectivity index (χ1) is 6.88. The van der Waals surface area contributed by atoms with Crippen LogP contribution in [0.15, 0.2) is 35.2 Å². The van der Waals surface area contributed by atoms with Crippen molar-refractivity contribution in [3.05, 3.63) is 47.9 Å². The first-order valence-corrected chi connectivity index (χ1v) is 4.41. The molecule has 2 aromatic heterocycles. The molecule has 2 heterocycles. The lowest BCUT2D eigenvalue weighted by Gasteiger charge is -1.99. The van der Waals surface area contributed by atoms with Gasteiger partial charge in [0, 0.05) is 13.0 Å². The van der Waals surface area contributed by atoms with Crippen molar-refractivity contribution in [3.8, 4) is 0 Å². The van der Waals surface area contributed by atoms with Gasteiger partial charge < -0.3 is 10.2 Å². The molecule has 0 amide bonds. The molecule has 72 valence electrons. The summed E-state index contributed by atoms with van der Waals surface area (Å²) in [5.74, 6) is 0.895. The molecule has 2 rings (SSSR count). The summed E-state index contributed by atoms with van der Waals surface area (Å²) < 4.78 is 5.22. The molecule has 0 saturated carbocycles. The molecule has 0 aliphatic rings. The Morgan fingerprint density at radius 2 is 2.14 bits per heavy atom. The summed E-state index contributed by atoms with van der Waals surface area (Å²) in [6.07, 6.45) is 3.86. The maximum absolute atomic E-state index is 5.48. The Morgan fingerprint density at radius 3 is 2.86 bits per heavy atom. The SMILES string of the molecule is NCc1cc(Cc2ccco2)ncn1. The van der Waals surface area contributed by atoms with E-state index in [1.165, 1.54) is 6.33 Å². The van der Waals surface area contributed by atoms with Crippen molar-refractivity contribution in [2.24, 2.45) is 5.73 Å². The standard InChI is InChI=1S/C10H11N3O/c11-6-9-4-8(12-7-13-9)5-10-2-1-3-14-10/h1-4,7H,5-6,11H2. The van der Waals surface area contributed by atoms with Gasteiger partial charge in [-0.25, -0.2) is 9.97 Å². The third-order valence-corrected chi connectivity index (χ3v) is 1.92. The maximum atomic E-state index is 5.48. The average Bonchev–Trinajstić information content (AvgIpc) is 2.71.